The first-order valence-corrected chi connectivity index (χ1v) is 9.18. The van der Waals surface area contributed by atoms with E-state index in [-0.39, 0.29) is 40.7 Å². The zero-order valence-electron chi connectivity index (χ0n) is 18.6. The van der Waals surface area contributed by atoms with Gasteiger partial charge in [-0.1, -0.05) is 40.5 Å². The van der Waals surface area contributed by atoms with Gasteiger partial charge in [0.15, 0.2) is 0 Å². The van der Waals surface area contributed by atoms with Crippen molar-refractivity contribution >= 4 is 11.9 Å². The van der Waals surface area contributed by atoms with Crippen LogP contribution in [0, 0.1) is 5.92 Å². The average molecular weight is 444 g/mol. The Bertz CT molecular complexity index is 338. The number of hydrogen-bond donors (Lipinski definition) is 4. The van der Waals surface area contributed by atoms with Crippen LogP contribution in [0.2, 0.25) is 0 Å². The fourth-order valence-electron chi connectivity index (χ4n) is 1.18. The van der Waals surface area contributed by atoms with Crippen molar-refractivity contribution < 1.29 is 61.9 Å². The van der Waals surface area contributed by atoms with Crippen LogP contribution < -0.4 is 10.2 Å². The van der Waals surface area contributed by atoms with Crippen LogP contribution >= 0.6 is 0 Å². The van der Waals surface area contributed by atoms with Gasteiger partial charge in [-0.05, 0) is 46.5 Å². The van der Waals surface area contributed by atoms with Crippen LogP contribution in [0.4, 0.5) is 0 Å². The molecule has 8 nitrogen and oxygen atoms in total. The molecule has 0 aliphatic heterocycles. The van der Waals surface area contributed by atoms with Crippen LogP contribution in [0.1, 0.15) is 81.1 Å². The summed E-state index contributed by atoms with van der Waals surface area (Å²) in [6.45, 7) is 13.8. The first-order chi connectivity index (χ1) is 12.0. The van der Waals surface area contributed by atoms with Crippen LogP contribution in [-0.4, -0.2) is 56.3 Å². The molecule has 0 rings (SSSR count). The number of aliphatic hydroxyl groups is 4. The Labute approximate surface area is 184 Å². The molecule has 0 saturated carbocycles. The summed E-state index contributed by atoms with van der Waals surface area (Å²) >= 11 is 0. The van der Waals surface area contributed by atoms with E-state index in [0.717, 1.165) is 0 Å². The van der Waals surface area contributed by atoms with E-state index >= 15 is 0 Å². The maximum absolute atomic E-state index is 10.0. The summed E-state index contributed by atoms with van der Waals surface area (Å²) in [5.41, 5.74) is -3.29. The second-order valence-corrected chi connectivity index (χ2v) is 7.29. The first kappa shape index (κ1) is 38.1. The molecule has 0 aromatic carbocycles. The van der Waals surface area contributed by atoms with E-state index in [0.29, 0.717) is 25.4 Å². The Morgan fingerprint density at radius 1 is 0.857 bits per heavy atom. The standard InChI is InChI=1S/2C6H12O3.C4H10O.C3H8O.Ti/c2*1-3-4-6(2,9)5(7)8;1-4(2)3-5;1-3(2)4;/h2*9H,3-4H2,1-2H3,(H,7,8);4-5H,3H2,1-2H3;3-4H,1-2H3;/q;;;;+2/p-2. The first-order valence-electron chi connectivity index (χ1n) is 9.18. The maximum Gasteiger partial charge on any atom is 2.00 e. The molecule has 4 N–H and O–H groups in total. The third-order valence-electron chi connectivity index (χ3n) is 2.72. The number of aliphatic hydroxyl groups excluding tert-OH is 2. The molecule has 0 aliphatic carbocycles. The second-order valence-electron chi connectivity index (χ2n) is 7.29. The number of aliphatic carboxylic acids is 2. The number of carboxylic acids is 2. The van der Waals surface area contributed by atoms with E-state index < -0.39 is 23.1 Å². The quantitative estimate of drug-likeness (QED) is 0.386. The van der Waals surface area contributed by atoms with Gasteiger partial charge in [0.05, 0.1) is 11.9 Å². The molecule has 168 valence electrons. The molecule has 0 aromatic heterocycles. The van der Waals surface area contributed by atoms with Crippen molar-refractivity contribution in [2.24, 2.45) is 5.92 Å². The van der Waals surface area contributed by atoms with Gasteiger partial charge in [-0.15, -0.1) is 0 Å². The fourth-order valence-corrected chi connectivity index (χ4v) is 1.18. The van der Waals surface area contributed by atoms with Crippen molar-refractivity contribution in [3.63, 3.8) is 0 Å². The van der Waals surface area contributed by atoms with Gasteiger partial charge >= 0.3 is 21.7 Å². The molecule has 0 radical (unpaired) electrons. The van der Waals surface area contributed by atoms with Gasteiger partial charge in [0.25, 0.3) is 0 Å². The average Bonchev–Trinajstić information content (AvgIpc) is 2.47. The van der Waals surface area contributed by atoms with E-state index in [4.69, 9.17) is 20.4 Å². The van der Waals surface area contributed by atoms with Gasteiger partial charge in [0.1, 0.15) is 11.2 Å². The molecule has 2 unspecified atom stereocenters. The Kier molecular flexibility index (Phi) is 28.9. The molecule has 0 aromatic rings. The topological polar surface area (TPSA) is 161 Å². The molecule has 28 heavy (non-hydrogen) atoms. The van der Waals surface area contributed by atoms with Gasteiger partial charge in [-0.2, -0.15) is 0 Å². The zero-order chi connectivity index (χ0) is 22.8. The minimum Gasteiger partial charge on any atom is -0.547 e. The zero-order valence-corrected chi connectivity index (χ0v) is 20.2. The number of hydrogen-bond acceptors (Lipinski definition) is 8. The molecular formula is C19H40O8Ti. The minimum atomic E-state index is -1.64. The largest absolute Gasteiger partial charge is 2.00 e. The predicted molar refractivity (Wildman–Crippen MR) is 100 cm³/mol. The Hall–Kier alpha value is -0.506. The van der Waals surface area contributed by atoms with Crippen molar-refractivity contribution in [3.8, 4) is 0 Å². The van der Waals surface area contributed by atoms with Gasteiger partial charge < -0.3 is 40.2 Å². The molecule has 0 saturated heterocycles. The smallest absolute Gasteiger partial charge is 0.547 e. The molecule has 0 aliphatic rings. The normalized spacial score (nSPS) is 13.8. The van der Waals surface area contributed by atoms with E-state index in [1.807, 2.05) is 13.8 Å². The van der Waals surface area contributed by atoms with E-state index in [2.05, 4.69) is 0 Å². The summed E-state index contributed by atoms with van der Waals surface area (Å²) in [7, 11) is 0. The van der Waals surface area contributed by atoms with E-state index in [1.54, 1.807) is 27.7 Å². The van der Waals surface area contributed by atoms with Gasteiger partial charge in [-0.3, -0.25) is 0 Å². The Balaban J connectivity index is -0.0000000875. The molecule has 2 atom stereocenters. The monoisotopic (exact) mass is 444 g/mol. The molecule has 0 amide bonds. The molecule has 0 heterocycles. The minimum absolute atomic E-state index is 0. The second kappa shape index (κ2) is 21.2. The summed E-state index contributed by atoms with van der Waals surface area (Å²) in [6.07, 6.45) is 1.60. The third kappa shape index (κ3) is 33.1. The summed E-state index contributed by atoms with van der Waals surface area (Å²) in [5.74, 6) is -2.36. The third-order valence-corrected chi connectivity index (χ3v) is 2.72. The van der Waals surface area contributed by atoms with Gasteiger partial charge in [-0.25, -0.2) is 0 Å². The SMILES string of the molecule is CC(C)CO.CC(C)O.CCCC(C)(O)C(=O)[O-].CCCC(C)(O)C(=O)[O-].[Ti+2]. The molecule has 9 heteroatoms. The fraction of sp³-hybridized carbons (Fsp3) is 0.895. The van der Waals surface area contributed by atoms with Crippen molar-refractivity contribution in [2.45, 2.75) is 98.4 Å². The molecule has 0 bridgehead atoms. The summed E-state index contributed by atoms with van der Waals surface area (Å²) in [4.78, 5) is 20.1. The van der Waals surface area contributed by atoms with Crippen molar-refractivity contribution in [1.29, 1.82) is 0 Å². The van der Waals surface area contributed by atoms with Gasteiger partial charge in [0, 0.05) is 12.7 Å². The molecule has 0 fully saturated rings. The molecular weight excluding hydrogens is 404 g/mol. The summed E-state index contributed by atoms with van der Waals surface area (Å²) < 4.78 is 0. The number of carbonyl (C=O) groups excluding carboxylic acids is 2. The maximum atomic E-state index is 10.0. The van der Waals surface area contributed by atoms with Crippen molar-refractivity contribution in [3.05, 3.63) is 0 Å². The van der Waals surface area contributed by atoms with Crippen LogP contribution in [0.5, 0.6) is 0 Å². The van der Waals surface area contributed by atoms with Crippen molar-refractivity contribution in [1.82, 2.24) is 0 Å². The summed E-state index contributed by atoms with van der Waals surface area (Å²) in [5, 5.41) is 54.2. The van der Waals surface area contributed by atoms with E-state index in [9.17, 15) is 19.8 Å². The van der Waals surface area contributed by atoms with Crippen LogP contribution in [0.25, 0.3) is 0 Å². The Morgan fingerprint density at radius 2 is 1.04 bits per heavy atom. The summed E-state index contributed by atoms with van der Waals surface area (Å²) in [6, 6.07) is 0. The number of carboxylic acid groups (broad SMARTS) is 2. The van der Waals surface area contributed by atoms with E-state index in [1.165, 1.54) is 13.8 Å². The van der Waals surface area contributed by atoms with Crippen molar-refractivity contribution in [2.75, 3.05) is 6.61 Å². The number of rotatable bonds is 7. The van der Waals surface area contributed by atoms with Crippen LogP contribution in [0.15, 0.2) is 0 Å². The predicted octanol–water partition coefficient (Wildman–Crippen LogP) is -0.406. The van der Waals surface area contributed by atoms with Gasteiger partial charge in [0.2, 0.25) is 0 Å². The molecule has 0 spiro atoms. The van der Waals surface area contributed by atoms with Crippen LogP contribution in [-0.2, 0) is 31.3 Å². The number of carbonyl (C=O) groups is 2. The Morgan fingerprint density at radius 3 is 1.07 bits per heavy atom. The van der Waals surface area contributed by atoms with Crippen LogP contribution in [0.3, 0.4) is 0 Å².